The quantitative estimate of drug-likeness (QED) is 0.415. The van der Waals surface area contributed by atoms with Gasteiger partial charge in [-0.15, -0.1) is 0 Å². The van der Waals surface area contributed by atoms with Crippen LogP contribution in [0, 0.1) is 0 Å². The molecule has 210 valence electrons. The number of rotatable bonds is 6. The largest absolute Gasteiger partial charge is 0.476 e. The first-order chi connectivity index (χ1) is 17.7. The molecule has 2 aliphatic heterocycles. The Hall–Kier alpha value is -3.48. The van der Waals surface area contributed by atoms with Gasteiger partial charge < -0.3 is 35.5 Å². The number of piperidine rings is 1. The van der Waals surface area contributed by atoms with Crippen LogP contribution in [0.15, 0.2) is 41.6 Å². The van der Waals surface area contributed by atoms with Crippen molar-refractivity contribution in [1.29, 1.82) is 0 Å². The number of alkyl halides is 3. The highest BCUT2D eigenvalue weighted by Gasteiger charge is 2.35. The zero-order valence-corrected chi connectivity index (χ0v) is 21.9. The minimum absolute atomic E-state index is 0.120. The Balaban J connectivity index is 1.81. The fourth-order valence-corrected chi connectivity index (χ4v) is 3.96. The summed E-state index contributed by atoms with van der Waals surface area (Å²) < 4.78 is 58.2. The van der Waals surface area contributed by atoms with Gasteiger partial charge in [0.2, 0.25) is 0 Å². The lowest BCUT2D eigenvalue weighted by Gasteiger charge is -2.33. The lowest BCUT2D eigenvalue weighted by molar-refractivity contribution is -0.137. The number of hydrogen-bond donors (Lipinski definition) is 2. The number of carbonyl (C=O) groups excluding carboxylic acids is 1. The molecule has 0 saturated carbocycles. The van der Waals surface area contributed by atoms with Crippen molar-refractivity contribution in [3.05, 3.63) is 47.7 Å². The van der Waals surface area contributed by atoms with E-state index < -0.39 is 23.4 Å². The number of morpholine rings is 1. The number of likely N-dealkylation sites (tertiary alicyclic amines) is 1. The molecule has 4 N–H and O–H groups in total. The Labute approximate surface area is 220 Å². The van der Waals surface area contributed by atoms with Gasteiger partial charge in [0.1, 0.15) is 23.3 Å². The number of carbonyl (C=O) groups is 1. The molecular weight excluding hydrogens is 505 g/mol. The number of halogens is 3. The molecule has 3 heterocycles. The third-order valence-electron chi connectivity index (χ3n) is 5.81. The molecule has 0 aromatic carbocycles. The number of nitrogens with zero attached hydrogens (tertiary/aromatic N) is 4. The number of allylic oxidation sites excluding steroid dienone is 1. The number of ether oxygens (including phenoxy) is 3. The molecule has 2 aliphatic rings. The summed E-state index contributed by atoms with van der Waals surface area (Å²) in [5.41, 5.74) is 9.62. The van der Waals surface area contributed by atoms with Crippen LogP contribution in [0.5, 0.6) is 0 Å². The van der Waals surface area contributed by atoms with Crippen molar-refractivity contribution in [3.63, 3.8) is 0 Å². The molecule has 38 heavy (non-hydrogen) atoms. The van der Waals surface area contributed by atoms with Gasteiger partial charge in [-0.25, -0.2) is 14.8 Å². The van der Waals surface area contributed by atoms with Crippen LogP contribution in [0.4, 0.5) is 23.8 Å². The predicted octanol–water partition coefficient (Wildman–Crippen LogP) is 3.49. The molecule has 13 heteroatoms. The Morgan fingerprint density at radius 3 is 2.39 bits per heavy atom. The summed E-state index contributed by atoms with van der Waals surface area (Å²) in [6, 6.07) is 0.750. The summed E-state index contributed by atoms with van der Waals surface area (Å²) in [7, 11) is 0. The van der Waals surface area contributed by atoms with E-state index in [-0.39, 0.29) is 34.9 Å². The lowest BCUT2D eigenvalue weighted by atomic mass is 10.0. The van der Waals surface area contributed by atoms with E-state index in [1.165, 1.54) is 6.08 Å². The zero-order chi connectivity index (χ0) is 28.1. The first kappa shape index (κ1) is 29.1. The van der Waals surface area contributed by atoms with Crippen molar-refractivity contribution in [2.75, 3.05) is 45.1 Å². The number of nitrogens with two attached hydrogens (primary N) is 2. The molecule has 10 nitrogen and oxygen atoms in total. The molecule has 0 aliphatic carbocycles. The fraction of sp³-hybridized carbons (Fsp3) is 0.560. The van der Waals surface area contributed by atoms with E-state index in [9.17, 15) is 18.0 Å². The second kappa shape index (κ2) is 11.9. The number of pyridine rings is 1. The molecule has 0 radical (unpaired) electrons. The average molecular weight is 541 g/mol. The fourth-order valence-electron chi connectivity index (χ4n) is 3.96. The first-order valence-electron chi connectivity index (χ1n) is 12.3. The monoisotopic (exact) mass is 540 g/mol. The van der Waals surface area contributed by atoms with Gasteiger partial charge >= 0.3 is 12.3 Å². The van der Waals surface area contributed by atoms with Crippen molar-refractivity contribution in [1.82, 2.24) is 14.8 Å². The third-order valence-corrected chi connectivity index (χ3v) is 5.81. The van der Waals surface area contributed by atoms with Crippen LogP contribution in [-0.4, -0.2) is 77.7 Å². The third kappa shape index (κ3) is 8.27. The number of nitrogen functional groups attached to an aromatic ring is 1. The molecule has 0 unspecified atom stereocenters. The van der Waals surface area contributed by atoms with E-state index in [4.69, 9.17) is 25.7 Å². The van der Waals surface area contributed by atoms with E-state index in [0.29, 0.717) is 52.2 Å². The Morgan fingerprint density at radius 1 is 1.18 bits per heavy atom. The molecule has 0 spiro atoms. The van der Waals surface area contributed by atoms with Gasteiger partial charge in [0.05, 0.1) is 24.5 Å². The molecule has 0 atom stereocenters. The van der Waals surface area contributed by atoms with Gasteiger partial charge in [-0.2, -0.15) is 13.2 Å². The molecule has 1 aromatic heterocycles. The number of hydrogen-bond acceptors (Lipinski definition) is 9. The van der Waals surface area contributed by atoms with E-state index >= 15 is 0 Å². The van der Waals surface area contributed by atoms with Gasteiger partial charge in [-0.05, 0) is 26.8 Å². The van der Waals surface area contributed by atoms with Gasteiger partial charge in [-0.3, -0.25) is 0 Å². The predicted molar refractivity (Wildman–Crippen MR) is 136 cm³/mol. The highest BCUT2D eigenvalue weighted by atomic mass is 19.4. The summed E-state index contributed by atoms with van der Waals surface area (Å²) in [5, 5.41) is 0. The number of anilines is 1. The van der Waals surface area contributed by atoms with Crippen LogP contribution in [-0.2, 0) is 20.4 Å². The van der Waals surface area contributed by atoms with Crippen LogP contribution in [0.2, 0.25) is 0 Å². The summed E-state index contributed by atoms with van der Waals surface area (Å²) in [6.45, 7) is 12.0. The minimum atomic E-state index is -4.72. The highest BCUT2D eigenvalue weighted by Crippen LogP contribution is 2.33. The summed E-state index contributed by atoms with van der Waals surface area (Å²) in [4.78, 5) is 23.9. The van der Waals surface area contributed by atoms with Gasteiger partial charge in [0.25, 0.3) is 0 Å². The van der Waals surface area contributed by atoms with E-state index in [0.717, 1.165) is 12.3 Å². The SMILES string of the molecule is C=C(/N=C(\C=C(/N)OC1CCN(C(=O)OC(C)(C)C)CC1)c1cnc(N)cc1C(F)(F)F)N1CCOCC1. The van der Waals surface area contributed by atoms with Crippen LogP contribution in [0.3, 0.4) is 0 Å². The van der Waals surface area contributed by atoms with E-state index in [2.05, 4.69) is 16.6 Å². The number of aromatic nitrogens is 1. The molecule has 1 aromatic rings. The van der Waals surface area contributed by atoms with Gasteiger partial charge in [0, 0.05) is 56.9 Å². The lowest BCUT2D eigenvalue weighted by Crippen LogP contribution is -2.43. The van der Waals surface area contributed by atoms with Crippen LogP contribution in [0.1, 0.15) is 44.7 Å². The molecule has 3 rings (SSSR count). The van der Waals surface area contributed by atoms with E-state index in [1.807, 2.05) is 0 Å². The number of aliphatic imine (C=N–C) groups is 1. The molecule has 0 bridgehead atoms. The van der Waals surface area contributed by atoms with Crippen molar-refractivity contribution in [3.8, 4) is 0 Å². The highest BCUT2D eigenvalue weighted by molar-refractivity contribution is 6.10. The second-order valence-corrected chi connectivity index (χ2v) is 10.00. The Bertz CT molecular complexity index is 1070. The smallest absolute Gasteiger partial charge is 0.417 e. The van der Waals surface area contributed by atoms with Crippen molar-refractivity contribution in [2.45, 2.75) is 51.5 Å². The second-order valence-electron chi connectivity index (χ2n) is 10.00. The van der Waals surface area contributed by atoms with Crippen LogP contribution < -0.4 is 11.5 Å². The molecule has 2 saturated heterocycles. The maximum atomic E-state index is 13.9. The van der Waals surface area contributed by atoms with Crippen molar-refractivity contribution < 1.29 is 32.2 Å². The average Bonchev–Trinajstić information content (AvgIpc) is 2.83. The van der Waals surface area contributed by atoms with E-state index in [1.54, 1.807) is 30.6 Å². The standard InChI is InChI=1S/C25H35F3N6O4/c1-16(33-9-11-36-12-10-33)32-20(18-15-31-21(29)13-19(18)25(26,27)28)14-22(30)37-17-5-7-34(8-6-17)23(35)38-24(2,3)4/h13-15,17H,1,5-12,30H2,2-4H3,(H2,29,31)/b22-14+,32-20+. The van der Waals surface area contributed by atoms with Crippen LogP contribution in [0.25, 0.3) is 0 Å². The van der Waals surface area contributed by atoms with Crippen LogP contribution >= 0.6 is 0 Å². The molecule has 1 amide bonds. The first-order valence-corrected chi connectivity index (χ1v) is 12.3. The topological polar surface area (TPSA) is 129 Å². The summed E-state index contributed by atoms with van der Waals surface area (Å²) in [5.74, 6) is -0.153. The molecule has 2 fully saturated rings. The Morgan fingerprint density at radius 2 is 1.82 bits per heavy atom. The normalized spacial score (nSPS) is 18.4. The van der Waals surface area contributed by atoms with Gasteiger partial charge in [-0.1, -0.05) is 6.58 Å². The Kier molecular flexibility index (Phi) is 9.13. The number of amides is 1. The zero-order valence-electron chi connectivity index (χ0n) is 21.9. The maximum Gasteiger partial charge on any atom is 0.417 e. The minimum Gasteiger partial charge on any atom is -0.476 e. The van der Waals surface area contributed by atoms with Crippen molar-refractivity contribution in [2.24, 2.45) is 10.7 Å². The summed E-state index contributed by atoms with van der Waals surface area (Å²) >= 11 is 0. The van der Waals surface area contributed by atoms with Crippen molar-refractivity contribution >= 4 is 17.6 Å². The maximum absolute atomic E-state index is 13.9. The molecular formula is C25H35F3N6O4. The summed E-state index contributed by atoms with van der Waals surface area (Å²) in [6.07, 6.45) is -2.30. The van der Waals surface area contributed by atoms with Gasteiger partial charge in [0.15, 0.2) is 5.88 Å².